The molecule has 9 heteroatoms. The molecule has 178 valence electrons. The Morgan fingerprint density at radius 2 is 2.12 bits per heavy atom. The molecule has 0 radical (unpaired) electrons. The number of aliphatic hydroxyl groups is 2. The predicted octanol–water partition coefficient (Wildman–Crippen LogP) is 2.62. The van der Waals surface area contributed by atoms with E-state index in [1.807, 2.05) is 19.1 Å². The first-order valence-electron chi connectivity index (χ1n) is 11.4. The van der Waals surface area contributed by atoms with Crippen molar-refractivity contribution in [2.45, 2.75) is 65.0 Å². The van der Waals surface area contributed by atoms with Crippen LogP contribution in [-0.4, -0.2) is 44.7 Å². The van der Waals surface area contributed by atoms with E-state index in [2.05, 4.69) is 22.5 Å². The molecule has 0 aromatic carbocycles. The number of carbonyl (C=O) groups is 2. The van der Waals surface area contributed by atoms with Crippen molar-refractivity contribution in [2.24, 2.45) is 16.7 Å². The first-order valence-corrected chi connectivity index (χ1v) is 12.2. The van der Waals surface area contributed by atoms with Gasteiger partial charge in [-0.05, 0) is 42.2 Å². The summed E-state index contributed by atoms with van der Waals surface area (Å²) in [6, 6.07) is 3.75. The van der Waals surface area contributed by atoms with E-state index in [0.717, 1.165) is 22.6 Å². The molecule has 2 aliphatic rings. The van der Waals surface area contributed by atoms with Crippen molar-refractivity contribution in [3.8, 4) is 0 Å². The fraction of sp³-hybridized carbons (Fsp3) is 0.583. The normalized spacial score (nSPS) is 30.8. The monoisotopic (exact) mass is 472 g/mol. The molecular weight excluding hydrogens is 440 g/mol. The minimum absolute atomic E-state index is 0.0204. The molecule has 5 unspecified atom stereocenters. The Morgan fingerprint density at radius 3 is 2.79 bits per heavy atom. The Balaban J connectivity index is 1.66. The highest BCUT2D eigenvalue weighted by Gasteiger charge is 2.59. The second-order valence-corrected chi connectivity index (χ2v) is 11.0. The third-order valence-electron chi connectivity index (χ3n) is 7.78. The van der Waals surface area contributed by atoms with Crippen LogP contribution in [0.25, 0.3) is 0 Å². The number of aromatic nitrogens is 2. The highest BCUT2D eigenvalue weighted by molar-refractivity contribution is 7.15. The number of hydrogen-bond acceptors (Lipinski definition) is 7. The Hall–Kier alpha value is -2.36. The lowest BCUT2D eigenvalue weighted by Crippen LogP contribution is -2.57. The molecule has 1 saturated carbocycles. The van der Waals surface area contributed by atoms with Crippen molar-refractivity contribution >= 4 is 28.3 Å². The van der Waals surface area contributed by atoms with Crippen LogP contribution in [0.15, 0.2) is 24.5 Å². The van der Waals surface area contributed by atoms with E-state index in [9.17, 15) is 19.8 Å². The van der Waals surface area contributed by atoms with Gasteiger partial charge in [0.05, 0.1) is 18.4 Å². The second kappa shape index (κ2) is 9.12. The van der Waals surface area contributed by atoms with Crippen molar-refractivity contribution in [1.29, 1.82) is 0 Å². The largest absolute Gasteiger partial charge is 0.396 e. The summed E-state index contributed by atoms with van der Waals surface area (Å²) in [5, 5.41) is 27.4. The molecule has 5 atom stereocenters. The Kier molecular flexibility index (Phi) is 6.57. The molecule has 1 fully saturated rings. The molecule has 4 N–H and O–H groups in total. The summed E-state index contributed by atoms with van der Waals surface area (Å²) >= 11 is 1.43. The number of nitrogens with zero attached hydrogens (tertiary/aromatic N) is 2. The molecule has 2 aromatic rings. The van der Waals surface area contributed by atoms with Gasteiger partial charge >= 0.3 is 0 Å². The van der Waals surface area contributed by atoms with Crippen molar-refractivity contribution in [3.05, 3.63) is 40.7 Å². The Bertz CT molecular complexity index is 1030. The van der Waals surface area contributed by atoms with Gasteiger partial charge in [-0.1, -0.05) is 19.9 Å². The first kappa shape index (κ1) is 23.8. The van der Waals surface area contributed by atoms with Crippen molar-refractivity contribution in [3.63, 3.8) is 0 Å². The molecule has 2 amide bonds. The summed E-state index contributed by atoms with van der Waals surface area (Å²) in [4.78, 5) is 34.5. The van der Waals surface area contributed by atoms with Crippen molar-refractivity contribution < 1.29 is 19.8 Å². The molecule has 2 heterocycles. The zero-order valence-corrected chi connectivity index (χ0v) is 20.1. The molecule has 8 nitrogen and oxygen atoms in total. The summed E-state index contributed by atoms with van der Waals surface area (Å²) in [5.74, 6) is -0.473. The zero-order valence-electron chi connectivity index (χ0n) is 19.3. The van der Waals surface area contributed by atoms with Gasteiger partial charge in [-0.3, -0.25) is 14.6 Å². The van der Waals surface area contributed by atoms with Crippen molar-refractivity contribution in [1.82, 2.24) is 15.3 Å². The van der Waals surface area contributed by atoms with Gasteiger partial charge in [0.25, 0.3) is 0 Å². The number of aliphatic hydroxyl groups excluding tert-OH is 2. The van der Waals surface area contributed by atoms with Crippen LogP contribution in [0.3, 0.4) is 0 Å². The van der Waals surface area contributed by atoms with E-state index in [0.29, 0.717) is 24.5 Å². The third-order valence-corrected chi connectivity index (χ3v) is 8.79. The van der Waals surface area contributed by atoms with Crippen LogP contribution >= 0.6 is 11.3 Å². The van der Waals surface area contributed by atoms with Crippen molar-refractivity contribution in [2.75, 3.05) is 11.9 Å². The maximum Gasteiger partial charge on any atom is 0.223 e. The van der Waals surface area contributed by atoms with Gasteiger partial charge in [0.2, 0.25) is 11.8 Å². The number of rotatable bonds is 6. The summed E-state index contributed by atoms with van der Waals surface area (Å²) in [7, 11) is 0. The number of fused-ring (bicyclic) bond motifs is 2. The number of pyridine rings is 1. The Morgan fingerprint density at radius 1 is 1.33 bits per heavy atom. The Labute approximate surface area is 197 Å². The quantitative estimate of drug-likeness (QED) is 0.512. The molecule has 0 bridgehead atoms. The number of carbonyl (C=O) groups excluding carboxylic acids is 2. The van der Waals surface area contributed by atoms with Crippen LogP contribution in [0, 0.1) is 16.7 Å². The highest BCUT2D eigenvalue weighted by Crippen LogP contribution is 2.62. The molecule has 0 saturated heterocycles. The van der Waals surface area contributed by atoms with Gasteiger partial charge in [0.1, 0.15) is 0 Å². The van der Waals surface area contributed by atoms with E-state index in [-0.39, 0.29) is 42.1 Å². The van der Waals surface area contributed by atoms with E-state index in [4.69, 9.17) is 4.98 Å². The third kappa shape index (κ3) is 4.41. The van der Waals surface area contributed by atoms with Crippen LogP contribution in [0.1, 0.15) is 62.1 Å². The van der Waals surface area contributed by atoms with Gasteiger partial charge in [-0.2, -0.15) is 0 Å². The second-order valence-electron chi connectivity index (χ2n) is 9.88. The van der Waals surface area contributed by atoms with Gasteiger partial charge in [0.15, 0.2) is 5.13 Å². The minimum Gasteiger partial charge on any atom is -0.396 e. The lowest BCUT2D eigenvalue weighted by molar-refractivity contribution is -0.144. The molecule has 2 aliphatic carbocycles. The maximum absolute atomic E-state index is 13.1. The summed E-state index contributed by atoms with van der Waals surface area (Å²) in [5.41, 5.74) is 0.787. The smallest absolute Gasteiger partial charge is 0.223 e. The first-order chi connectivity index (χ1) is 15.7. The molecular formula is C24H32N4O4S. The maximum atomic E-state index is 13.1. The fourth-order valence-electron chi connectivity index (χ4n) is 5.81. The molecule has 0 aliphatic heterocycles. The van der Waals surface area contributed by atoms with Crippen LogP contribution in [-0.2, 0) is 22.6 Å². The highest BCUT2D eigenvalue weighted by atomic mass is 32.1. The number of thiazole rings is 1. The van der Waals surface area contributed by atoms with Crippen LogP contribution < -0.4 is 10.6 Å². The number of amides is 2. The SMILES string of the molecule is CC(=O)Nc1nc2c(s1)CC1C(C)(CO)C(O)CCC1(C)C2CC(=O)NCc1cccnc1. The molecule has 4 rings (SSSR count). The van der Waals surface area contributed by atoms with Gasteiger partial charge in [0, 0.05) is 48.5 Å². The summed E-state index contributed by atoms with van der Waals surface area (Å²) in [6.07, 6.45) is 5.03. The lowest BCUT2D eigenvalue weighted by atomic mass is 9.47. The number of anilines is 1. The average Bonchev–Trinajstić information content (AvgIpc) is 3.18. The van der Waals surface area contributed by atoms with Crippen LogP contribution in [0.5, 0.6) is 0 Å². The standard InChI is InChI=1S/C24H32N4O4S/c1-14(30)27-22-28-21-16(9-20(32)26-12-15-5-4-8-25-11-15)23(2)7-6-19(31)24(3,13-29)18(23)10-17(21)33-22/h4-5,8,11,16,18-19,29,31H,6-7,9-10,12-13H2,1-3H3,(H,26,32)(H,27,28,30). The molecule has 2 aromatic heterocycles. The number of nitrogens with one attached hydrogen (secondary N) is 2. The number of hydrogen-bond donors (Lipinski definition) is 4. The summed E-state index contributed by atoms with van der Waals surface area (Å²) in [6.45, 7) is 5.83. The zero-order chi connectivity index (χ0) is 23.8. The van der Waals surface area contributed by atoms with Gasteiger partial charge in [-0.15, -0.1) is 11.3 Å². The lowest BCUT2D eigenvalue weighted by Gasteiger charge is -2.58. The molecule has 33 heavy (non-hydrogen) atoms. The predicted molar refractivity (Wildman–Crippen MR) is 126 cm³/mol. The summed E-state index contributed by atoms with van der Waals surface area (Å²) < 4.78 is 0. The average molecular weight is 473 g/mol. The topological polar surface area (TPSA) is 124 Å². The molecule has 0 spiro atoms. The van der Waals surface area contributed by atoms with E-state index in [1.54, 1.807) is 12.4 Å². The fourth-order valence-corrected chi connectivity index (χ4v) is 6.93. The van der Waals surface area contributed by atoms with Crippen LogP contribution in [0.4, 0.5) is 5.13 Å². The minimum atomic E-state index is -0.673. The van der Waals surface area contributed by atoms with E-state index < -0.39 is 11.5 Å². The van der Waals surface area contributed by atoms with E-state index in [1.165, 1.54) is 18.3 Å². The van der Waals surface area contributed by atoms with E-state index >= 15 is 0 Å². The van der Waals surface area contributed by atoms with Crippen LogP contribution in [0.2, 0.25) is 0 Å². The van der Waals surface area contributed by atoms with Gasteiger partial charge < -0.3 is 20.8 Å². The van der Waals surface area contributed by atoms with Gasteiger partial charge in [-0.25, -0.2) is 4.98 Å².